The number of carbonyl (C=O) groups excluding carboxylic acids is 1. The summed E-state index contributed by atoms with van der Waals surface area (Å²) in [5.41, 5.74) is 0.153. The Morgan fingerprint density at radius 1 is 1.41 bits per heavy atom. The van der Waals surface area contributed by atoms with Gasteiger partial charge in [0.1, 0.15) is 12.4 Å². The molecule has 1 amide bonds. The third-order valence-electron chi connectivity index (χ3n) is 2.26. The molecule has 0 spiro atoms. The Morgan fingerprint density at radius 2 is 2.06 bits per heavy atom. The lowest BCUT2D eigenvalue weighted by molar-refractivity contribution is -0.138. The summed E-state index contributed by atoms with van der Waals surface area (Å²) in [6, 6.07) is 4.94. The van der Waals surface area contributed by atoms with Crippen molar-refractivity contribution in [2.45, 2.75) is 19.9 Å². The minimum absolute atomic E-state index is 0.153. The van der Waals surface area contributed by atoms with Gasteiger partial charge in [0.05, 0.1) is 0 Å². The average Bonchev–Trinajstić information content (AvgIpc) is 2.24. The van der Waals surface area contributed by atoms with Crippen molar-refractivity contribution in [2.75, 3.05) is 6.54 Å². The van der Waals surface area contributed by atoms with E-state index in [0.717, 1.165) is 6.07 Å². The number of benzene rings is 1. The van der Waals surface area contributed by atoms with E-state index in [9.17, 15) is 14.0 Å². The lowest BCUT2D eigenvalue weighted by Gasteiger charge is -2.24. The van der Waals surface area contributed by atoms with Crippen molar-refractivity contribution in [1.82, 2.24) is 4.90 Å². The van der Waals surface area contributed by atoms with Crippen LogP contribution in [0, 0.1) is 5.82 Å². The first-order chi connectivity index (χ1) is 7.91. The summed E-state index contributed by atoms with van der Waals surface area (Å²) in [5, 5.41) is 8.72. The van der Waals surface area contributed by atoms with Crippen LogP contribution >= 0.6 is 0 Å². The summed E-state index contributed by atoms with van der Waals surface area (Å²) >= 11 is 0. The molecule has 0 aliphatic carbocycles. The SMILES string of the molecule is CC(C)N(CC(=O)O)C(=O)c1cccc(F)c1. The van der Waals surface area contributed by atoms with Crippen LogP contribution in [0.15, 0.2) is 24.3 Å². The maximum atomic E-state index is 13.0. The van der Waals surface area contributed by atoms with Crippen molar-refractivity contribution >= 4 is 11.9 Å². The van der Waals surface area contributed by atoms with E-state index in [-0.39, 0.29) is 11.6 Å². The maximum Gasteiger partial charge on any atom is 0.323 e. The molecule has 0 saturated heterocycles. The highest BCUT2D eigenvalue weighted by molar-refractivity contribution is 5.96. The molecule has 0 fully saturated rings. The van der Waals surface area contributed by atoms with E-state index in [1.807, 2.05) is 0 Å². The second-order valence-electron chi connectivity index (χ2n) is 3.93. The fraction of sp³-hybridized carbons (Fsp3) is 0.333. The molecule has 0 aliphatic rings. The number of carboxylic acid groups (broad SMARTS) is 1. The number of hydrogen-bond acceptors (Lipinski definition) is 2. The van der Waals surface area contributed by atoms with E-state index >= 15 is 0 Å². The number of nitrogens with zero attached hydrogens (tertiary/aromatic N) is 1. The van der Waals surface area contributed by atoms with Gasteiger partial charge in [0.25, 0.3) is 5.91 Å². The van der Waals surface area contributed by atoms with E-state index < -0.39 is 24.2 Å². The van der Waals surface area contributed by atoms with Crippen molar-refractivity contribution in [3.05, 3.63) is 35.6 Å². The minimum atomic E-state index is -1.09. The zero-order chi connectivity index (χ0) is 13.0. The molecule has 0 aliphatic heterocycles. The van der Waals surface area contributed by atoms with Crippen LogP contribution in [0.4, 0.5) is 4.39 Å². The average molecular weight is 239 g/mol. The largest absolute Gasteiger partial charge is 0.480 e. The summed E-state index contributed by atoms with van der Waals surface area (Å²) in [6.45, 7) is 3.02. The summed E-state index contributed by atoms with van der Waals surface area (Å²) in [7, 11) is 0. The van der Waals surface area contributed by atoms with Gasteiger partial charge in [0.2, 0.25) is 0 Å². The molecule has 4 nitrogen and oxygen atoms in total. The van der Waals surface area contributed by atoms with Crippen molar-refractivity contribution in [1.29, 1.82) is 0 Å². The van der Waals surface area contributed by atoms with Gasteiger partial charge in [0.15, 0.2) is 0 Å². The van der Waals surface area contributed by atoms with Gasteiger partial charge in [-0.2, -0.15) is 0 Å². The van der Waals surface area contributed by atoms with Gasteiger partial charge < -0.3 is 10.0 Å². The van der Waals surface area contributed by atoms with Crippen molar-refractivity contribution in [3.8, 4) is 0 Å². The van der Waals surface area contributed by atoms with Crippen LogP contribution < -0.4 is 0 Å². The Balaban J connectivity index is 2.95. The molecule has 1 rings (SSSR count). The Kier molecular flexibility index (Phi) is 4.20. The van der Waals surface area contributed by atoms with Crippen LogP contribution in [0.3, 0.4) is 0 Å². The highest BCUT2D eigenvalue weighted by atomic mass is 19.1. The molecule has 1 aromatic rings. The van der Waals surface area contributed by atoms with Crippen molar-refractivity contribution in [2.24, 2.45) is 0 Å². The summed E-state index contributed by atoms with van der Waals surface area (Å²) in [6.07, 6.45) is 0. The molecular weight excluding hydrogens is 225 g/mol. The molecule has 0 unspecified atom stereocenters. The summed E-state index contributed by atoms with van der Waals surface area (Å²) in [4.78, 5) is 23.8. The molecule has 0 aromatic heterocycles. The third kappa shape index (κ3) is 3.55. The van der Waals surface area contributed by atoms with Crippen LogP contribution in [0.2, 0.25) is 0 Å². The standard InChI is InChI=1S/C12H14FNO3/c1-8(2)14(7-11(15)16)12(17)9-4-3-5-10(13)6-9/h3-6,8H,7H2,1-2H3,(H,15,16). The second-order valence-corrected chi connectivity index (χ2v) is 3.93. The number of amides is 1. The highest BCUT2D eigenvalue weighted by Crippen LogP contribution is 2.10. The van der Waals surface area contributed by atoms with E-state index in [0.29, 0.717) is 0 Å². The Bertz CT molecular complexity index is 432. The number of rotatable bonds is 4. The predicted molar refractivity (Wildman–Crippen MR) is 60.2 cm³/mol. The molecule has 17 heavy (non-hydrogen) atoms. The molecule has 92 valence electrons. The molecule has 5 heteroatoms. The topological polar surface area (TPSA) is 57.6 Å². The Morgan fingerprint density at radius 3 is 2.53 bits per heavy atom. The lowest BCUT2D eigenvalue weighted by atomic mass is 10.1. The Labute approximate surface area is 98.7 Å². The number of carboxylic acids is 1. The molecule has 1 N–H and O–H groups in total. The van der Waals surface area contributed by atoms with Crippen molar-refractivity contribution < 1.29 is 19.1 Å². The normalized spacial score (nSPS) is 10.4. The van der Waals surface area contributed by atoms with Crippen molar-refractivity contribution in [3.63, 3.8) is 0 Å². The molecular formula is C12H14FNO3. The van der Waals surface area contributed by atoms with Gasteiger partial charge in [0, 0.05) is 11.6 Å². The quantitative estimate of drug-likeness (QED) is 0.871. The highest BCUT2D eigenvalue weighted by Gasteiger charge is 2.21. The van der Waals surface area contributed by atoms with Gasteiger partial charge in [-0.15, -0.1) is 0 Å². The number of hydrogen-bond donors (Lipinski definition) is 1. The number of aliphatic carboxylic acids is 1. The van der Waals surface area contributed by atoms with Gasteiger partial charge in [-0.05, 0) is 32.0 Å². The van der Waals surface area contributed by atoms with Gasteiger partial charge in [-0.3, -0.25) is 9.59 Å². The van der Waals surface area contributed by atoms with Gasteiger partial charge >= 0.3 is 5.97 Å². The Hall–Kier alpha value is -1.91. The summed E-state index contributed by atoms with van der Waals surface area (Å²) < 4.78 is 13.0. The van der Waals surface area contributed by atoms with Crippen LogP contribution in [-0.2, 0) is 4.79 Å². The molecule has 0 radical (unpaired) electrons. The fourth-order valence-electron chi connectivity index (χ4n) is 1.42. The van der Waals surface area contributed by atoms with E-state index in [2.05, 4.69) is 0 Å². The molecule has 0 saturated carbocycles. The van der Waals surface area contributed by atoms with Crippen LogP contribution in [0.25, 0.3) is 0 Å². The first-order valence-corrected chi connectivity index (χ1v) is 5.20. The molecule has 0 bridgehead atoms. The predicted octanol–water partition coefficient (Wildman–Crippen LogP) is 1.76. The monoisotopic (exact) mass is 239 g/mol. The number of carbonyl (C=O) groups is 2. The smallest absolute Gasteiger partial charge is 0.323 e. The first-order valence-electron chi connectivity index (χ1n) is 5.20. The number of halogens is 1. The second kappa shape index (κ2) is 5.43. The van der Waals surface area contributed by atoms with Gasteiger partial charge in [-0.1, -0.05) is 6.07 Å². The first kappa shape index (κ1) is 13.2. The summed E-state index contributed by atoms with van der Waals surface area (Å²) in [5.74, 6) is -2.10. The van der Waals surface area contributed by atoms with E-state index in [1.54, 1.807) is 13.8 Å². The third-order valence-corrected chi connectivity index (χ3v) is 2.26. The maximum absolute atomic E-state index is 13.0. The van der Waals surface area contributed by atoms with Crippen LogP contribution in [-0.4, -0.2) is 34.5 Å². The van der Waals surface area contributed by atoms with Crippen LogP contribution in [0.1, 0.15) is 24.2 Å². The zero-order valence-electron chi connectivity index (χ0n) is 9.68. The molecule has 0 heterocycles. The van der Waals surface area contributed by atoms with E-state index in [1.165, 1.54) is 23.1 Å². The fourth-order valence-corrected chi connectivity index (χ4v) is 1.42. The molecule has 1 aromatic carbocycles. The molecule has 0 atom stereocenters. The van der Waals surface area contributed by atoms with E-state index in [4.69, 9.17) is 5.11 Å². The van der Waals surface area contributed by atoms with Crippen LogP contribution in [0.5, 0.6) is 0 Å². The van der Waals surface area contributed by atoms with Gasteiger partial charge in [-0.25, -0.2) is 4.39 Å². The minimum Gasteiger partial charge on any atom is -0.480 e. The zero-order valence-corrected chi connectivity index (χ0v) is 9.68. The lowest BCUT2D eigenvalue weighted by Crippen LogP contribution is -2.40.